The Kier molecular flexibility index (Phi) is 5.00. The van der Waals surface area contributed by atoms with Crippen LogP contribution in [0.4, 0.5) is 0 Å². The monoisotopic (exact) mass is 304 g/mol. The number of nitrogens with zero attached hydrogens (tertiary/aromatic N) is 3. The highest BCUT2D eigenvalue weighted by Crippen LogP contribution is 2.16. The second-order valence-corrected chi connectivity index (χ2v) is 7.70. The van der Waals surface area contributed by atoms with Crippen LogP contribution in [0.25, 0.3) is 0 Å². The Morgan fingerprint density at radius 3 is 2.35 bits per heavy atom. The van der Waals surface area contributed by atoms with Gasteiger partial charge in [0.05, 0.1) is 5.92 Å². The van der Waals surface area contributed by atoms with E-state index in [-0.39, 0.29) is 11.8 Å². The number of rotatable bonds is 3. The van der Waals surface area contributed by atoms with Crippen LogP contribution in [-0.2, 0) is 15.0 Å². The number of hydrogen-bond donors (Lipinski definition) is 1. The molecule has 0 aliphatic carbocycles. The van der Waals surface area contributed by atoms with Gasteiger partial charge >= 0.3 is 0 Å². The number of nitrogens with one attached hydrogen (secondary N) is 1. The molecule has 2 aliphatic heterocycles. The van der Waals surface area contributed by atoms with Crippen molar-refractivity contribution in [1.82, 2.24) is 18.8 Å². The Balaban J connectivity index is 1.89. The fourth-order valence-corrected chi connectivity index (χ4v) is 3.78. The third-order valence-corrected chi connectivity index (χ3v) is 5.92. The molecule has 1 amide bonds. The van der Waals surface area contributed by atoms with Crippen LogP contribution >= 0.6 is 0 Å². The zero-order valence-corrected chi connectivity index (χ0v) is 13.0. The Morgan fingerprint density at radius 2 is 1.85 bits per heavy atom. The summed E-state index contributed by atoms with van der Waals surface area (Å²) < 4.78 is 26.7. The lowest BCUT2D eigenvalue weighted by Gasteiger charge is -2.37. The first-order valence-electron chi connectivity index (χ1n) is 7.10. The highest BCUT2D eigenvalue weighted by molar-refractivity contribution is 7.86. The van der Waals surface area contributed by atoms with E-state index in [0.717, 1.165) is 25.9 Å². The Morgan fingerprint density at radius 1 is 1.20 bits per heavy atom. The minimum absolute atomic E-state index is 0.0563. The zero-order valence-electron chi connectivity index (χ0n) is 12.2. The summed E-state index contributed by atoms with van der Waals surface area (Å²) in [7, 11) is -0.301. The van der Waals surface area contributed by atoms with Crippen molar-refractivity contribution >= 4 is 16.1 Å². The third-order valence-electron chi connectivity index (χ3n) is 3.98. The summed E-state index contributed by atoms with van der Waals surface area (Å²) in [6, 6.07) is 0. The van der Waals surface area contributed by atoms with E-state index in [1.54, 1.807) is 4.90 Å². The summed E-state index contributed by atoms with van der Waals surface area (Å²) in [5, 5.41) is 3.24. The number of carbonyl (C=O) groups is 1. The summed E-state index contributed by atoms with van der Waals surface area (Å²) in [4.78, 5) is 14.2. The van der Waals surface area contributed by atoms with Crippen LogP contribution in [0.2, 0.25) is 0 Å². The number of hydrogen-bond acceptors (Lipinski definition) is 4. The summed E-state index contributed by atoms with van der Waals surface area (Å²) in [5.74, 6) is 0.222. The molecule has 2 fully saturated rings. The van der Waals surface area contributed by atoms with Gasteiger partial charge in [0, 0.05) is 46.8 Å². The van der Waals surface area contributed by atoms with Gasteiger partial charge in [0.15, 0.2) is 0 Å². The smallest absolute Gasteiger partial charge is 0.281 e. The van der Waals surface area contributed by atoms with Crippen LogP contribution < -0.4 is 5.32 Å². The standard InChI is InChI=1S/C12H24N4O3S/c1-14(2)20(18,19)16-8-6-15(7-9-16)12(17)11-4-3-5-13-10-11/h11,13H,3-10H2,1-2H3/t11-/m1/s1. The van der Waals surface area contributed by atoms with Crippen LogP contribution in [0.5, 0.6) is 0 Å². The van der Waals surface area contributed by atoms with E-state index >= 15 is 0 Å². The molecular formula is C12H24N4O3S. The van der Waals surface area contributed by atoms with E-state index in [0.29, 0.717) is 26.2 Å². The quantitative estimate of drug-likeness (QED) is 0.721. The summed E-state index contributed by atoms with van der Waals surface area (Å²) in [5.41, 5.74) is 0. The molecule has 0 radical (unpaired) electrons. The van der Waals surface area contributed by atoms with Gasteiger partial charge in [-0.05, 0) is 19.4 Å². The second kappa shape index (κ2) is 6.38. The van der Waals surface area contributed by atoms with E-state index < -0.39 is 10.2 Å². The van der Waals surface area contributed by atoms with E-state index in [1.807, 2.05) is 0 Å². The van der Waals surface area contributed by atoms with Gasteiger partial charge in [0.1, 0.15) is 0 Å². The number of piperidine rings is 1. The maximum Gasteiger partial charge on any atom is 0.281 e. The molecule has 116 valence electrons. The van der Waals surface area contributed by atoms with Gasteiger partial charge in [-0.3, -0.25) is 4.79 Å². The average Bonchev–Trinajstić information content (AvgIpc) is 2.47. The summed E-state index contributed by atoms with van der Waals surface area (Å²) in [6.45, 7) is 3.47. The van der Waals surface area contributed by atoms with Crippen molar-refractivity contribution in [2.75, 3.05) is 53.4 Å². The third kappa shape index (κ3) is 3.30. The van der Waals surface area contributed by atoms with Gasteiger partial charge in [-0.15, -0.1) is 0 Å². The van der Waals surface area contributed by atoms with Crippen LogP contribution in [0.1, 0.15) is 12.8 Å². The van der Waals surface area contributed by atoms with Crippen molar-refractivity contribution in [2.24, 2.45) is 5.92 Å². The number of amides is 1. The van der Waals surface area contributed by atoms with E-state index in [2.05, 4.69) is 5.32 Å². The number of piperazine rings is 1. The first-order valence-corrected chi connectivity index (χ1v) is 8.49. The minimum atomic E-state index is -3.36. The van der Waals surface area contributed by atoms with Crippen LogP contribution in [0.3, 0.4) is 0 Å². The average molecular weight is 304 g/mol. The molecule has 0 aromatic rings. The second-order valence-electron chi connectivity index (χ2n) is 5.56. The van der Waals surface area contributed by atoms with Crippen LogP contribution in [0.15, 0.2) is 0 Å². The molecule has 20 heavy (non-hydrogen) atoms. The highest BCUT2D eigenvalue weighted by atomic mass is 32.2. The molecule has 0 spiro atoms. The van der Waals surface area contributed by atoms with Crippen molar-refractivity contribution in [3.63, 3.8) is 0 Å². The van der Waals surface area contributed by atoms with Crippen LogP contribution in [0, 0.1) is 5.92 Å². The topological polar surface area (TPSA) is 73.0 Å². The lowest BCUT2D eigenvalue weighted by atomic mass is 9.98. The lowest BCUT2D eigenvalue weighted by molar-refractivity contribution is -0.137. The van der Waals surface area contributed by atoms with E-state index in [9.17, 15) is 13.2 Å². The fraction of sp³-hybridized carbons (Fsp3) is 0.917. The molecule has 8 heteroatoms. The van der Waals surface area contributed by atoms with E-state index in [4.69, 9.17) is 0 Å². The molecule has 2 aliphatic rings. The molecule has 0 aromatic heterocycles. The fourth-order valence-electron chi connectivity index (χ4n) is 2.69. The van der Waals surface area contributed by atoms with Gasteiger partial charge in [0.2, 0.25) is 5.91 Å². The molecular weight excluding hydrogens is 280 g/mol. The van der Waals surface area contributed by atoms with Gasteiger partial charge in [-0.2, -0.15) is 17.0 Å². The molecule has 1 N–H and O–H groups in total. The largest absolute Gasteiger partial charge is 0.340 e. The van der Waals surface area contributed by atoms with E-state index in [1.165, 1.54) is 22.7 Å². The normalized spacial score (nSPS) is 25.9. The van der Waals surface area contributed by atoms with Gasteiger partial charge in [0.25, 0.3) is 10.2 Å². The van der Waals surface area contributed by atoms with Gasteiger partial charge < -0.3 is 10.2 Å². The van der Waals surface area contributed by atoms with Crippen molar-refractivity contribution in [3.8, 4) is 0 Å². The molecule has 0 bridgehead atoms. The highest BCUT2D eigenvalue weighted by Gasteiger charge is 2.32. The predicted octanol–water partition coefficient (Wildman–Crippen LogP) is -1.06. The molecule has 0 saturated carbocycles. The SMILES string of the molecule is CN(C)S(=O)(=O)N1CCN(C(=O)[C@@H]2CCCNC2)CC1. The Labute approximate surface area is 121 Å². The zero-order chi connectivity index (χ0) is 14.8. The Bertz CT molecular complexity index is 438. The molecule has 2 heterocycles. The molecule has 1 atom stereocenters. The van der Waals surface area contributed by atoms with Crippen molar-refractivity contribution in [2.45, 2.75) is 12.8 Å². The van der Waals surface area contributed by atoms with Gasteiger partial charge in [-0.1, -0.05) is 0 Å². The van der Waals surface area contributed by atoms with Crippen molar-refractivity contribution in [1.29, 1.82) is 0 Å². The molecule has 0 aromatic carbocycles. The maximum atomic E-state index is 12.4. The summed E-state index contributed by atoms with van der Waals surface area (Å²) >= 11 is 0. The van der Waals surface area contributed by atoms with Gasteiger partial charge in [-0.25, -0.2) is 0 Å². The Hall–Kier alpha value is -0.700. The summed E-state index contributed by atoms with van der Waals surface area (Å²) in [6.07, 6.45) is 1.97. The van der Waals surface area contributed by atoms with Crippen LogP contribution in [-0.4, -0.2) is 81.2 Å². The molecule has 2 rings (SSSR count). The minimum Gasteiger partial charge on any atom is -0.340 e. The predicted molar refractivity (Wildman–Crippen MR) is 76.4 cm³/mol. The van der Waals surface area contributed by atoms with Crippen molar-refractivity contribution in [3.05, 3.63) is 0 Å². The first kappa shape index (κ1) is 15.7. The molecule has 0 unspecified atom stereocenters. The lowest BCUT2D eigenvalue weighted by Crippen LogP contribution is -2.55. The molecule has 2 saturated heterocycles. The molecule has 7 nitrogen and oxygen atoms in total. The maximum absolute atomic E-state index is 12.4. The van der Waals surface area contributed by atoms with Crippen molar-refractivity contribution < 1.29 is 13.2 Å². The first-order chi connectivity index (χ1) is 9.43. The number of carbonyl (C=O) groups excluding carboxylic acids is 1.